The van der Waals surface area contributed by atoms with Gasteiger partial charge < -0.3 is 19.7 Å². The zero-order chi connectivity index (χ0) is 19.3. The lowest BCUT2D eigenvalue weighted by Crippen LogP contribution is -2.22. The Morgan fingerprint density at radius 3 is 2.35 bits per heavy atom. The molecule has 26 heavy (non-hydrogen) atoms. The molecule has 0 fully saturated rings. The first kappa shape index (κ1) is 18.9. The highest BCUT2D eigenvalue weighted by molar-refractivity contribution is 6.05. The van der Waals surface area contributed by atoms with Crippen LogP contribution in [-0.4, -0.2) is 56.0 Å². The average Bonchev–Trinajstić information content (AvgIpc) is 2.66. The lowest BCUT2D eigenvalue weighted by Gasteiger charge is -2.14. The monoisotopic (exact) mass is 357 g/mol. The third kappa shape index (κ3) is 4.15. The number of aromatic nitrogens is 1. The van der Waals surface area contributed by atoms with Crippen LogP contribution in [0, 0.1) is 0 Å². The Hall–Kier alpha value is -3.42. The van der Waals surface area contributed by atoms with E-state index in [9.17, 15) is 14.4 Å². The minimum atomic E-state index is -0.643. The first-order chi connectivity index (χ1) is 12.4. The number of pyridine rings is 1. The average molecular weight is 357 g/mol. The number of anilines is 1. The van der Waals surface area contributed by atoms with Crippen molar-refractivity contribution in [2.75, 3.05) is 33.6 Å². The molecule has 8 nitrogen and oxygen atoms in total. The molecule has 0 aliphatic rings. The quantitative estimate of drug-likeness (QED) is 0.820. The summed E-state index contributed by atoms with van der Waals surface area (Å²) in [7, 11) is 5.95. The molecule has 2 rings (SSSR count). The number of ether oxygens (including phenoxy) is 2. The molecule has 136 valence electrons. The number of amides is 2. The van der Waals surface area contributed by atoms with Crippen LogP contribution in [0.4, 0.5) is 5.69 Å². The van der Waals surface area contributed by atoms with Gasteiger partial charge in [0.25, 0.3) is 11.8 Å². The standard InChI is InChI=1S/C18H19N3O5/c1-21(2)17(23)11-8-9-15(25-3)14(10-11)20-16(22)12-6-5-7-13(19-12)18(24)26-4/h5-10H,1-4H3,(H,20,22). The molecule has 0 saturated heterocycles. The summed E-state index contributed by atoms with van der Waals surface area (Å²) in [6.07, 6.45) is 0. The van der Waals surface area contributed by atoms with Crippen molar-refractivity contribution in [2.45, 2.75) is 0 Å². The maximum atomic E-state index is 12.5. The Bertz CT molecular complexity index is 848. The van der Waals surface area contributed by atoms with E-state index in [2.05, 4.69) is 15.0 Å². The minimum absolute atomic E-state index is 0.0173. The second-order valence-corrected chi connectivity index (χ2v) is 5.47. The van der Waals surface area contributed by atoms with Gasteiger partial charge in [-0.05, 0) is 30.3 Å². The maximum absolute atomic E-state index is 12.5. The van der Waals surface area contributed by atoms with Gasteiger partial charge in [-0.3, -0.25) is 9.59 Å². The molecule has 0 aliphatic carbocycles. The second-order valence-electron chi connectivity index (χ2n) is 5.47. The van der Waals surface area contributed by atoms with Gasteiger partial charge in [0, 0.05) is 19.7 Å². The van der Waals surface area contributed by atoms with E-state index in [-0.39, 0.29) is 17.3 Å². The number of methoxy groups -OCH3 is 2. The van der Waals surface area contributed by atoms with E-state index >= 15 is 0 Å². The van der Waals surface area contributed by atoms with Crippen LogP contribution < -0.4 is 10.1 Å². The van der Waals surface area contributed by atoms with Gasteiger partial charge in [0.2, 0.25) is 0 Å². The molecule has 1 heterocycles. The molecule has 0 aliphatic heterocycles. The van der Waals surface area contributed by atoms with Crippen LogP contribution in [-0.2, 0) is 4.74 Å². The van der Waals surface area contributed by atoms with Gasteiger partial charge in [0.15, 0.2) is 0 Å². The number of carbonyl (C=O) groups excluding carboxylic acids is 3. The zero-order valence-electron chi connectivity index (χ0n) is 14.9. The molecular formula is C18H19N3O5. The molecule has 0 spiro atoms. The van der Waals surface area contributed by atoms with Crippen molar-refractivity contribution >= 4 is 23.5 Å². The lowest BCUT2D eigenvalue weighted by molar-refractivity contribution is 0.0593. The second kappa shape index (κ2) is 8.11. The summed E-state index contributed by atoms with van der Waals surface area (Å²) in [5.74, 6) is -1.02. The summed E-state index contributed by atoms with van der Waals surface area (Å²) < 4.78 is 9.82. The molecule has 0 bridgehead atoms. The summed E-state index contributed by atoms with van der Waals surface area (Å²) >= 11 is 0. The molecule has 0 saturated carbocycles. The Labute approximate surface area is 150 Å². The van der Waals surface area contributed by atoms with Gasteiger partial charge in [-0.1, -0.05) is 6.07 Å². The van der Waals surface area contributed by atoms with Crippen molar-refractivity contribution < 1.29 is 23.9 Å². The van der Waals surface area contributed by atoms with Crippen LogP contribution >= 0.6 is 0 Å². The predicted molar refractivity (Wildman–Crippen MR) is 94.5 cm³/mol. The minimum Gasteiger partial charge on any atom is -0.495 e. The molecule has 0 unspecified atom stereocenters. The Morgan fingerprint density at radius 2 is 1.73 bits per heavy atom. The largest absolute Gasteiger partial charge is 0.495 e. The number of benzene rings is 1. The van der Waals surface area contributed by atoms with Gasteiger partial charge in [0.05, 0.1) is 19.9 Å². The molecule has 0 radical (unpaired) electrons. The van der Waals surface area contributed by atoms with Gasteiger partial charge in [0.1, 0.15) is 17.1 Å². The smallest absolute Gasteiger partial charge is 0.356 e. The zero-order valence-corrected chi connectivity index (χ0v) is 14.9. The highest BCUT2D eigenvalue weighted by Crippen LogP contribution is 2.26. The Morgan fingerprint density at radius 1 is 1.04 bits per heavy atom. The fraction of sp³-hybridized carbons (Fsp3) is 0.222. The van der Waals surface area contributed by atoms with Crippen LogP contribution in [0.2, 0.25) is 0 Å². The number of esters is 1. The Kier molecular flexibility index (Phi) is 5.90. The summed E-state index contributed by atoms with van der Waals surface area (Å²) in [6, 6.07) is 9.14. The van der Waals surface area contributed by atoms with Crippen LogP contribution in [0.5, 0.6) is 5.75 Å². The van der Waals surface area contributed by atoms with E-state index in [1.165, 1.54) is 43.4 Å². The van der Waals surface area contributed by atoms with E-state index in [0.29, 0.717) is 17.0 Å². The number of hydrogen-bond acceptors (Lipinski definition) is 6. The number of nitrogens with one attached hydrogen (secondary N) is 1. The SMILES string of the molecule is COC(=O)c1cccc(C(=O)Nc2cc(C(=O)N(C)C)ccc2OC)n1. The molecule has 2 aromatic rings. The van der Waals surface area contributed by atoms with E-state index in [1.54, 1.807) is 26.2 Å². The summed E-state index contributed by atoms with van der Waals surface area (Å²) in [5.41, 5.74) is 0.751. The molecule has 2 amide bonds. The van der Waals surface area contributed by atoms with Crippen LogP contribution in [0.1, 0.15) is 31.3 Å². The van der Waals surface area contributed by atoms with Gasteiger partial charge in [-0.2, -0.15) is 0 Å². The summed E-state index contributed by atoms with van der Waals surface area (Å²) in [6.45, 7) is 0. The van der Waals surface area contributed by atoms with Crippen LogP contribution in [0.25, 0.3) is 0 Å². The predicted octanol–water partition coefficient (Wildman–Crippen LogP) is 1.83. The molecular weight excluding hydrogens is 338 g/mol. The third-order valence-corrected chi connectivity index (χ3v) is 3.48. The first-order valence-electron chi connectivity index (χ1n) is 7.63. The van der Waals surface area contributed by atoms with Crippen molar-refractivity contribution in [3.8, 4) is 5.75 Å². The molecule has 1 aromatic carbocycles. The van der Waals surface area contributed by atoms with Crippen molar-refractivity contribution in [1.82, 2.24) is 9.88 Å². The molecule has 0 atom stereocenters. The fourth-order valence-corrected chi connectivity index (χ4v) is 2.16. The molecule has 8 heteroatoms. The van der Waals surface area contributed by atoms with E-state index in [4.69, 9.17) is 4.74 Å². The lowest BCUT2D eigenvalue weighted by atomic mass is 10.1. The van der Waals surface area contributed by atoms with Crippen LogP contribution in [0.3, 0.4) is 0 Å². The van der Waals surface area contributed by atoms with Crippen molar-refractivity contribution in [1.29, 1.82) is 0 Å². The van der Waals surface area contributed by atoms with Gasteiger partial charge in [-0.15, -0.1) is 0 Å². The van der Waals surface area contributed by atoms with Crippen molar-refractivity contribution in [3.63, 3.8) is 0 Å². The third-order valence-electron chi connectivity index (χ3n) is 3.48. The van der Waals surface area contributed by atoms with Gasteiger partial charge in [-0.25, -0.2) is 9.78 Å². The van der Waals surface area contributed by atoms with Crippen molar-refractivity contribution in [2.24, 2.45) is 0 Å². The highest BCUT2D eigenvalue weighted by Gasteiger charge is 2.16. The van der Waals surface area contributed by atoms with Crippen molar-refractivity contribution in [3.05, 3.63) is 53.3 Å². The van der Waals surface area contributed by atoms with E-state index in [0.717, 1.165) is 0 Å². The highest BCUT2D eigenvalue weighted by atomic mass is 16.5. The number of hydrogen-bond donors (Lipinski definition) is 1. The van der Waals surface area contributed by atoms with E-state index < -0.39 is 11.9 Å². The van der Waals surface area contributed by atoms with Crippen LogP contribution in [0.15, 0.2) is 36.4 Å². The number of rotatable bonds is 5. The first-order valence-corrected chi connectivity index (χ1v) is 7.63. The van der Waals surface area contributed by atoms with E-state index in [1.807, 2.05) is 0 Å². The fourth-order valence-electron chi connectivity index (χ4n) is 2.16. The summed E-state index contributed by atoms with van der Waals surface area (Å²) in [5, 5.41) is 2.65. The number of nitrogens with zero attached hydrogens (tertiary/aromatic N) is 2. The topological polar surface area (TPSA) is 97.8 Å². The van der Waals surface area contributed by atoms with Gasteiger partial charge >= 0.3 is 5.97 Å². The maximum Gasteiger partial charge on any atom is 0.356 e. The molecule has 1 aromatic heterocycles. The Balaban J connectivity index is 2.32. The number of carbonyl (C=O) groups is 3. The normalized spacial score (nSPS) is 10.0. The molecule has 1 N–H and O–H groups in total. The summed E-state index contributed by atoms with van der Waals surface area (Å²) in [4.78, 5) is 41.6.